The first kappa shape index (κ1) is 18.0. The molecule has 6 aromatic rings. The smallest absolute Gasteiger partial charge is 0.116 e. The largest absolute Gasteiger partial charge is 0.508 e. The molecule has 0 saturated carbocycles. The molecule has 1 aliphatic rings. The molecular weight excluding hydrogens is 404 g/mol. The number of rotatable bonds is 0. The fraction of sp³-hybridized carbons (Fsp3) is 0.0667. The van der Waals surface area contributed by atoms with E-state index in [1.165, 1.54) is 54.0 Å². The minimum Gasteiger partial charge on any atom is -0.508 e. The van der Waals surface area contributed by atoms with Crippen LogP contribution in [-0.4, -0.2) is 13.2 Å². The highest BCUT2D eigenvalue weighted by atomic mass is 28.3. The molecule has 2 heteroatoms. The maximum atomic E-state index is 10.3. The van der Waals surface area contributed by atoms with Crippen LogP contribution in [0.5, 0.6) is 5.75 Å². The predicted octanol–water partition coefficient (Wildman–Crippen LogP) is 6.81. The molecule has 0 fully saturated rings. The van der Waals surface area contributed by atoms with E-state index in [-0.39, 0.29) is 0 Å². The van der Waals surface area contributed by atoms with Crippen molar-refractivity contribution in [2.75, 3.05) is 0 Å². The lowest BCUT2D eigenvalue weighted by atomic mass is 9.87. The number of phenols is 1. The highest BCUT2D eigenvalue weighted by molar-refractivity contribution is 7.05. The molecule has 1 heterocycles. The van der Waals surface area contributed by atoms with E-state index in [9.17, 15) is 5.11 Å². The molecule has 0 aromatic heterocycles. The van der Waals surface area contributed by atoms with Gasteiger partial charge in [0.25, 0.3) is 0 Å². The van der Waals surface area contributed by atoms with Crippen molar-refractivity contribution >= 4 is 61.5 Å². The Hall–Kier alpha value is -3.62. The molecule has 0 atom stereocenters. The van der Waals surface area contributed by atoms with Gasteiger partial charge >= 0.3 is 0 Å². The van der Waals surface area contributed by atoms with E-state index in [2.05, 4.69) is 92.0 Å². The second-order valence-electron chi connectivity index (χ2n) is 9.49. The maximum absolute atomic E-state index is 10.3. The molecule has 6 aromatic carbocycles. The molecule has 0 radical (unpaired) electrons. The highest BCUT2D eigenvalue weighted by Crippen LogP contribution is 2.45. The van der Waals surface area contributed by atoms with Crippen LogP contribution in [0.2, 0.25) is 13.1 Å². The summed E-state index contributed by atoms with van der Waals surface area (Å²) in [6.45, 7) is 5.00. The van der Waals surface area contributed by atoms with E-state index in [4.69, 9.17) is 0 Å². The van der Waals surface area contributed by atoms with Crippen molar-refractivity contribution in [2.24, 2.45) is 0 Å². The lowest BCUT2D eigenvalue weighted by Crippen LogP contribution is -2.49. The summed E-state index contributed by atoms with van der Waals surface area (Å²) < 4.78 is 0. The zero-order valence-corrected chi connectivity index (χ0v) is 19.1. The Morgan fingerprint density at radius 3 is 1.94 bits per heavy atom. The van der Waals surface area contributed by atoms with Gasteiger partial charge in [0.2, 0.25) is 0 Å². The summed E-state index contributed by atoms with van der Waals surface area (Å²) in [5.41, 5.74) is 2.84. The molecule has 1 N–H and O–H groups in total. The first-order valence-electron chi connectivity index (χ1n) is 11.2. The predicted molar refractivity (Wildman–Crippen MR) is 140 cm³/mol. The Bertz CT molecular complexity index is 1760. The second-order valence-corrected chi connectivity index (χ2v) is 13.8. The van der Waals surface area contributed by atoms with Crippen molar-refractivity contribution in [2.45, 2.75) is 13.1 Å². The molecule has 0 aliphatic carbocycles. The summed E-state index contributed by atoms with van der Waals surface area (Å²) in [5.74, 6) is 0.314. The van der Waals surface area contributed by atoms with E-state index in [0.29, 0.717) is 5.75 Å². The Morgan fingerprint density at radius 1 is 0.562 bits per heavy atom. The lowest BCUT2D eigenvalue weighted by Gasteiger charge is -2.24. The summed E-state index contributed by atoms with van der Waals surface area (Å²) in [7, 11) is -1.93. The van der Waals surface area contributed by atoms with Crippen LogP contribution in [0.15, 0.2) is 91.0 Å². The van der Waals surface area contributed by atoms with Crippen LogP contribution in [0, 0.1) is 0 Å². The second kappa shape index (κ2) is 5.99. The minimum absolute atomic E-state index is 0.314. The molecule has 0 bridgehead atoms. The Kier molecular flexibility index (Phi) is 3.37. The number of hydrogen-bond donors (Lipinski definition) is 1. The number of aromatic hydroxyl groups is 1. The van der Waals surface area contributed by atoms with Crippen molar-refractivity contribution in [1.82, 2.24) is 0 Å². The fourth-order valence-corrected chi connectivity index (χ4v) is 9.63. The number of fused-ring (bicyclic) bond motifs is 13. The van der Waals surface area contributed by atoms with E-state index >= 15 is 0 Å². The number of hydrogen-bond acceptors (Lipinski definition) is 1. The van der Waals surface area contributed by atoms with E-state index < -0.39 is 8.07 Å². The summed E-state index contributed by atoms with van der Waals surface area (Å²) in [6.07, 6.45) is 0. The van der Waals surface area contributed by atoms with Gasteiger partial charge in [-0.3, -0.25) is 0 Å². The van der Waals surface area contributed by atoms with E-state index in [1.807, 2.05) is 12.1 Å². The first-order valence-corrected chi connectivity index (χ1v) is 14.2. The van der Waals surface area contributed by atoms with Crippen LogP contribution >= 0.6 is 0 Å². The van der Waals surface area contributed by atoms with Crippen molar-refractivity contribution in [3.63, 3.8) is 0 Å². The first-order chi connectivity index (χ1) is 15.6. The van der Waals surface area contributed by atoms with E-state index in [0.717, 1.165) is 5.39 Å². The monoisotopic (exact) mass is 426 g/mol. The molecule has 0 unspecified atom stereocenters. The molecule has 152 valence electrons. The van der Waals surface area contributed by atoms with Gasteiger partial charge < -0.3 is 5.11 Å². The molecule has 1 nitrogen and oxygen atoms in total. The molecule has 0 saturated heterocycles. The fourth-order valence-electron chi connectivity index (χ4n) is 6.18. The van der Waals surface area contributed by atoms with Gasteiger partial charge in [-0.1, -0.05) is 92.0 Å². The van der Waals surface area contributed by atoms with Crippen LogP contribution in [0.25, 0.3) is 54.2 Å². The van der Waals surface area contributed by atoms with Crippen molar-refractivity contribution < 1.29 is 5.11 Å². The van der Waals surface area contributed by atoms with Crippen molar-refractivity contribution in [3.8, 4) is 16.9 Å². The lowest BCUT2D eigenvalue weighted by molar-refractivity contribution is 0.476. The standard InChI is InChI=1S/C30H22OSi/c1-32(2)26-14-8-7-13-24(26)28-22-12-6-5-11-21(22)27-23-16-15-18(31)17-25(23)19-9-3-4-10-20(19)29(27)30(28)32/h3-17,31H,1-2H3. The molecule has 7 rings (SSSR count). The average Bonchev–Trinajstić information content (AvgIpc) is 3.06. The SMILES string of the molecule is C[Si]1(C)c2ccccc2-c2c1c1c3ccccc3c3cc(O)ccc3c1c1ccccc21. The van der Waals surface area contributed by atoms with Gasteiger partial charge in [-0.05, 0) is 76.7 Å². The Morgan fingerprint density at radius 2 is 1.16 bits per heavy atom. The van der Waals surface area contributed by atoms with Gasteiger partial charge in [0.1, 0.15) is 13.8 Å². The molecule has 32 heavy (non-hydrogen) atoms. The third kappa shape index (κ3) is 2.08. The van der Waals surface area contributed by atoms with Crippen molar-refractivity contribution in [3.05, 3.63) is 91.0 Å². The highest BCUT2D eigenvalue weighted by Gasteiger charge is 2.40. The van der Waals surface area contributed by atoms with E-state index in [1.54, 1.807) is 5.19 Å². The third-order valence-corrected chi connectivity index (χ3v) is 11.0. The number of phenolic OH excluding ortho intramolecular Hbond substituents is 1. The quantitative estimate of drug-likeness (QED) is 0.209. The summed E-state index contributed by atoms with van der Waals surface area (Å²) in [6, 6.07) is 32.5. The zero-order valence-electron chi connectivity index (χ0n) is 18.1. The van der Waals surface area contributed by atoms with Crippen LogP contribution < -0.4 is 10.4 Å². The average molecular weight is 427 g/mol. The summed E-state index contributed by atoms with van der Waals surface area (Å²) in [5, 5.41) is 23.6. The van der Waals surface area contributed by atoms with Crippen LogP contribution in [-0.2, 0) is 0 Å². The van der Waals surface area contributed by atoms with Gasteiger partial charge in [0.05, 0.1) is 0 Å². The van der Waals surface area contributed by atoms with Crippen LogP contribution in [0.4, 0.5) is 0 Å². The maximum Gasteiger partial charge on any atom is 0.116 e. The Labute approximate surface area is 187 Å². The molecular formula is C30H22OSi. The summed E-state index contributed by atoms with van der Waals surface area (Å²) >= 11 is 0. The van der Waals surface area contributed by atoms with Gasteiger partial charge in [-0.15, -0.1) is 0 Å². The van der Waals surface area contributed by atoms with Crippen LogP contribution in [0.1, 0.15) is 0 Å². The Balaban J connectivity index is 1.90. The molecule has 0 spiro atoms. The van der Waals surface area contributed by atoms with Gasteiger partial charge in [0.15, 0.2) is 0 Å². The number of benzene rings is 6. The molecule has 0 amide bonds. The summed E-state index contributed by atoms with van der Waals surface area (Å²) in [4.78, 5) is 0. The normalized spacial score (nSPS) is 14.3. The topological polar surface area (TPSA) is 20.2 Å². The van der Waals surface area contributed by atoms with Crippen LogP contribution in [0.3, 0.4) is 0 Å². The zero-order chi connectivity index (χ0) is 21.6. The van der Waals surface area contributed by atoms with Gasteiger partial charge in [0, 0.05) is 0 Å². The van der Waals surface area contributed by atoms with Crippen molar-refractivity contribution in [1.29, 1.82) is 0 Å². The minimum atomic E-state index is -1.93. The van der Waals surface area contributed by atoms with Gasteiger partial charge in [-0.25, -0.2) is 0 Å². The molecule has 1 aliphatic heterocycles. The van der Waals surface area contributed by atoms with Gasteiger partial charge in [-0.2, -0.15) is 0 Å². The third-order valence-electron chi connectivity index (χ3n) is 7.47.